The first-order chi connectivity index (χ1) is 16.2. The maximum Gasteiger partial charge on any atom is 1.00 e. The van der Waals surface area contributed by atoms with Crippen LogP contribution < -0.4 is 29.6 Å². The number of carbonyl (C=O) groups excluding carboxylic acids is 2. The quantitative estimate of drug-likeness (QED) is 0.102. The Bertz CT molecular complexity index is 585. The second-order valence-corrected chi connectivity index (χ2v) is 10.4. The van der Waals surface area contributed by atoms with Gasteiger partial charge in [0.25, 0.3) is 10.1 Å². The standard InChI is InChI=1S/C20H38O7S.C6H14.Na.H/c1-3-5-7-9-11-13-15-26-19(21)17-18(28(23,24)25)20(22)27-16-14-12-10-8-6-4-2;1-3-5-6-4-2;;/h18H,3-17H2,1-2H3,(H,23,24,25);3-6H2,1-2H3;;/q;;+1;-1. The molecule has 0 rings (SSSR count). The van der Waals surface area contributed by atoms with Gasteiger partial charge in [-0.3, -0.25) is 14.1 Å². The molecule has 0 aliphatic carbocycles. The van der Waals surface area contributed by atoms with Crippen molar-refractivity contribution in [1.82, 2.24) is 0 Å². The fraction of sp³-hybridized carbons (Fsp3) is 0.923. The van der Waals surface area contributed by atoms with Crippen LogP contribution in [0.5, 0.6) is 0 Å². The average molecular weight is 533 g/mol. The molecule has 0 aromatic rings. The summed E-state index contributed by atoms with van der Waals surface area (Å²) in [5, 5.41) is -1.93. The molecule has 9 heteroatoms. The van der Waals surface area contributed by atoms with Crippen molar-refractivity contribution in [2.75, 3.05) is 13.2 Å². The Morgan fingerprint density at radius 1 is 0.657 bits per heavy atom. The molecule has 0 spiro atoms. The van der Waals surface area contributed by atoms with E-state index in [4.69, 9.17) is 9.47 Å². The third kappa shape index (κ3) is 28.3. The predicted molar refractivity (Wildman–Crippen MR) is 140 cm³/mol. The SMILES string of the molecule is CCCCCC.CCCCCCCCOC(=O)CC(C(=O)OCCCCCCCC)S(=O)(=O)O.[H-].[Na+]. The molecule has 35 heavy (non-hydrogen) atoms. The fourth-order valence-corrected chi connectivity index (χ4v) is 3.89. The molecule has 7 nitrogen and oxygen atoms in total. The zero-order chi connectivity index (χ0) is 26.1. The molecule has 1 atom stereocenters. The molecule has 0 aliphatic heterocycles. The minimum Gasteiger partial charge on any atom is -1.00 e. The summed E-state index contributed by atoms with van der Waals surface area (Å²) >= 11 is 0. The van der Waals surface area contributed by atoms with Crippen LogP contribution in [0.3, 0.4) is 0 Å². The summed E-state index contributed by atoms with van der Waals surface area (Å²) in [5.41, 5.74) is 0. The summed E-state index contributed by atoms with van der Waals surface area (Å²) in [4.78, 5) is 23.8. The maximum atomic E-state index is 12.0. The van der Waals surface area contributed by atoms with Crippen molar-refractivity contribution >= 4 is 22.1 Å². The van der Waals surface area contributed by atoms with Gasteiger partial charge in [-0.1, -0.05) is 118 Å². The summed E-state index contributed by atoms with van der Waals surface area (Å²) in [6, 6.07) is 0. The summed E-state index contributed by atoms with van der Waals surface area (Å²) in [6.45, 7) is 8.97. The number of hydrogen-bond acceptors (Lipinski definition) is 6. The monoisotopic (exact) mass is 532 g/mol. The van der Waals surface area contributed by atoms with Crippen LogP contribution in [0.15, 0.2) is 0 Å². The molecule has 0 amide bonds. The summed E-state index contributed by atoms with van der Waals surface area (Å²) in [6.07, 6.45) is 16.9. The maximum absolute atomic E-state index is 12.0. The third-order valence-electron chi connectivity index (χ3n) is 5.43. The Morgan fingerprint density at radius 2 is 1.00 bits per heavy atom. The summed E-state index contributed by atoms with van der Waals surface area (Å²) < 4.78 is 42.0. The van der Waals surface area contributed by atoms with E-state index < -0.39 is 33.7 Å². The van der Waals surface area contributed by atoms with Crippen molar-refractivity contribution in [3.8, 4) is 0 Å². The predicted octanol–water partition coefficient (Wildman–Crippen LogP) is 4.14. The summed E-state index contributed by atoms with van der Waals surface area (Å²) in [5.74, 6) is -1.93. The van der Waals surface area contributed by atoms with Crippen LogP contribution in [0.1, 0.15) is 138 Å². The number of unbranched alkanes of at least 4 members (excludes halogenated alkanes) is 13. The molecule has 0 saturated carbocycles. The molecule has 0 bridgehead atoms. The summed E-state index contributed by atoms with van der Waals surface area (Å²) in [7, 11) is -4.73. The van der Waals surface area contributed by atoms with Gasteiger partial charge in [0.15, 0.2) is 5.25 Å². The van der Waals surface area contributed by atoms with Crippen molar-refractivity contribution < 1.29 is 63.0 Å². The van der Waals surface area contributed by atoms with Gasteiger partial charge < -0.3 is 10.9 Å². The molecular weight excluding hydrogens is 479 g/mol. The van der Waals surface area contributed by atoms with Gasteiger partial charge >= 0.3 is 41.5 Å². The van der Waals surface area contributed by atoms with E-state index in [9.17, 15) is 22.6 Å². The second kappa shape index (κ2) is 28.4. The third-order valence-corrected chi connectivity index (χ3v) is 6.51. The Labute approximate surface area is 239 Å². The molecular formula is C26H53NaO7S. The van der Waals surface area contributed by atoms with Crippen molar-refractivity contribution in [2.45, 2.75) is 142 Å². The Morgan fingerprint density at radius 3 is 1.40 bits per heavy atom. The zero-order valence-electron chi connectivity index (χ0n) is 24.3. The van der Waals surface area contributed by atoms with Gasteiger partial charge in [0.2, 0.25) is 0 Å². The first-order valence-corrected chi connectivity index (χ1v) is 15.0. The van der Waals surface area contributed by atoms with E-state index in [2.05, 4.69) is 27.7 Å². The molecule has 0 aromatic heterocycles. The fourth-order valence-electron chi connectivity index (χ4n) is 3.24. The smallest absolute Gasteiger partial charge is 1.00 e. The van der Waals surface area contributed by atoms with Gasteiger partial charge in [0.05, 0.1) is 19.6 Å². The van der Waals surface area contributed by atoms with Crippen LogP contribution in [-0.4, -0.2) is 43.4 Å². The van der Waals surface area contributed by atoms with E-state index in [1.165, 1.54) is 32.1 Å². The van der Waals surface area contributed by atoms with Crippen LogP contribution in [-0.2, 0) is 29.2 Å². The van der Waals surface area contributed by atoms with Gasteiger partial charge in [-0.15, -0.1) is 0 Å². The van der Waals surface area contributed by atoms with Crippen LogP contribution >= 0.6 is 0 Å². The van der Waals surface area contributed by atoms with E-state index in [0.717, 1.165) is 57.8 Å². The first kappa shape index (κ1) is 39.4. The topological polar surface area (TPSA) is 107 Å². The number of hydrogen-bond donors (Lipinski definition) is 1. The number of ether oxygens (including phenoxy) is 2. The molecule has 0 fully saturated rings. The van der Waals surface area contributed by atoms with Crippen molar-refractivity contribution in [3.63, 3.8) is 0 Å². The van der Waals surface area contributed by atoms with Crippen molar-refractivity contribution in [2.24, 2.45) is 0 Å². The normalized spacial score (nSPS) is 11.6. The second-order valence-electron chi connectivity index (χ2n) is 8.84. The minimum absolute atomic E-state index is 0. The number of rotatable bonds is 21. The average Bonchev–Trinajstić information content (AvgIpc) is 2.79. The van der Waals surface area contributed by atoms with Crippen LogP contribution in [0, 0.1) is 0 Å². The van der Waals surface area contributed by atoms with Crippen molar-refractivity contribution in [1.29, 1.82) is 0 Å². The van der Waals surface area contributed by atoms with E-state index in [1.54, 1.807) is 0 Å². The van der Waals surface area contributed by atoms with Crippen molar-refractivity contribution in [3.05, 3.63) is 0 Å². The van der Waals surface area contributed by atoms with Gasteiger partial charge in [-0.05, 0) is 12.8 Å². The Kier molecular flexibility index (Phi) is 32.0. The molecule has 1 N–H and O–H groups in total. The first-order valence-electron chi connectivity index (χ1n) is 13.5. The van der Waals surface area contributed by atoms with Gasteiger partial charge in [0, 0.05) is 0 Å². The van der Waals surface area contributed by atoms with Crippen LogP contribution in [0.2, 0.25) is 0 Å². The van der Waals surface area contributed by atoms with E-state index in [-0.39, 0.29) is 44.2 Å². The van der Waals surface area contributed by atoms with Gasteiger partial charge in [0.1, 0.15) is 0 Å². The molecule has 0 radical (unpaired) electrons. The molecule has 0 aromatic carbocycles. The van der Waals surface area contributed by atoms with Crippen LogP contribution in [0.4, 0.5) is 0 Å². The largest absolute Gasteiger partial charge is 1.00 e. The van der Waals surface area contributed by atoms with E-state index in [1.807, 2.05) is 0 Å². The molecule has 0 aliphatic rings. The molecule has 206 valence electrons. The van der Waals surface area contributed by atoms with Crippen LogP contribution in [0.25, 0.3) is 0 Å². The van der Waals surface area contributed by atoms with E-state index >= 15 is 0 Å². The Hall–Kier alpha value is -0.150. The molecule has 1 unspecified atom stereocenters. The molecule has 0 saturated heterocycles. The van der Waals surface area contributed by atoms with Gasteiger partial charge in [-0.25, -0.2) is 0 Å². The number of esters is 2. The number of carbonyl (C=O) groups is 2. The minimum atomic E-state index is -4.73. The van der Waals surface area contributed by atoms with Gasteiger partial charge in [-0.2, -0.15) is 8.42 Å². The Balaban J connectivity index is -0.000000567. The van der Waals surface area contributed by atoms with E-state index in [0.29, 0.717) is 12.8 Å². The molecule has 0 heterocycles. The zero-order valence-corrected chi connectivity index (χ0v) is 26.1.